The van der Waals surface area contributed by atoms with Crippen LogP contribution in [0.1, 0.15) is 44.0 Å². The van der Waals surface area contributed by atoms with E-state index in [-0.39, 0.29) is 0 Å². The third-order valence-electron chi connectivity index (χ3n) is 3.78. The summed E-state index contributed by atoms with van der Waals surface area (Å²) in [5, 5.41) is 0. The molecule has 0 radical (unpaired) electrons. The molecule has 1 aromatic carbocycles. The summed E-state index contributed by atoms with van der Waals surface area (Å²) in [5.41, 5.74) is 2.33. The number of nitrogens with zero attached hydrogens (tertiary/aromatic N) is 2. The molecule has 0 atom stereocenters. The molecule has 2 aromatic rings. The lowest BCUT2D eigenvalue weighted by Gasteiger charge is -2.25. The molecular formula is C14H16ClIN2. The average Bonchev–Trinajstić information content (AvgIpc) is 2.77. The van der Waals surface area contributed by atoms with Crippen molar-refractivity contribution in [2.45, 2.75) is 44.0 Å². The highest BCUT2D eigenvalue weighted by molar-refractivity contribution is 14.1. The largest absolute Gasteiger partial charge is 0.324 e. The van der Waals surface area contributed by atoms with Crippen LogP contribution in [0.15, 0.2) is 18.2 Å². The molecule has 1 heterocycles. The fourth-order valence-corrected chi connectivity index (χ4v) is 3.63. The number of hydrogen-bond donors (Lipinski definition) is 0. The monoisotopic (exact) mass is 374 g/mol. The first-order valence-corrected chi connectivity index (χ1v) is 8.13. The van der Waals surface area contributed by atoms with Crippen molar-refractivity contribution in [2.24, 2.45) is 0 Å². The fraction of sp³-hybridized carbons (Fsp3) is 0.500. The third-order valence-corrected chi connectivity index (χ3v) is 4.69. The highest BCUT2D eigenvalue weighted by Crippen LogP contribution is 2.33. The van der Waals surface area contributed by atoms with Crippen LogP contribution in [0.5, 0.6) is 0 Å². The molecule has 4 heteroatoms. The molecule has 2 nitrogen and oxygen atoms in total. The summed E-state index contributed by atoms with van der Waals surface area (Å²) in [7, 11) is 0. The van der Waals surface area contributed by atoms with E-state index in [0.29, 0.717) is 11.9 Å². The molecule has 0 N–H and O–H groups in total. The van der Waals surface area contributed by atoms with Gasteiger partial charge in [-0.05, 0) is 53.6 Å². The number of benzene rings is 1. The first kappa shape index (κ1) is 12.7. The van der Waals surface area contributed by atoms with Gasteiger partial charge in [-0.25, -0.2) is 4.98 Å². The van der Waals surface area contributed by atoms with Gasteiger partial charge in [0, 0.05) is 9.61 Å². The van der Waals surface area contributed by atoms with E-state index in [0.717, 1.165) is 11.3 Å². The van der Waals surface area contributed by atoms with Crippen molar-refractivity contribution < 1.29 is 0 Å². The second kappa shape index (κ2) is 5.37. The van der Waals surface area contributed by atoms with E-state index in [2.05, 4.69) is 45.4 Å². The van der Waals surface area contributed by atoms with Crippen molar-refractivity contribution in [3.63, 3.8) is 0 Å². The van der Waals surface area contributed by atoms with Gasteiger partial charge < -0.3 is 4.57 Å². The molecule has 0 spiro atoms. The maximum absolute atomic E-state index is 6.08. The SMILES string of the molecule is ClCc1nc2cc(I)ccc2n1C1CCCCC1. The number of halogens is 2. The van der Waals surface area contributed by atoms with Crippen LogP contribution in [0.2, 0.25) is 0 Å². The minimum Gasteiger partial charge on any atom is -0.324 e. The maximum Gasteiger partial charge on any atom is 0.125 e. The molecule has 0 bridgehead atoms. The minimum absolute atomic E-state index is 0.502. The van der Waals surface area contributed by atoms with Gasteiger partial charge in [0.2, 0.25) is 0 Å². The van der Waals surface area contributed by atoms with Crippen LogP contribution in [0.3, 0.4) is 0 Å². The summed E-state index contributed by atoms with van der Waals surface area (Å²) in [6, 6.07) is 7.08. The average molecular weight is 375 g/mol. The van der Waals surface area contributed by atoms with Gasteiger partial charge in [-0.3, -0.25) is 0 Å². The quantitative estimate of drug-likeness (QED) is 0.541. The molecule has 0 unspecified atom stereocenters. The summed E-state index contributed by atoms with van der Waals surface area (Å²) in [5.74, 6) is 1.53. The van der Waals surface area contributed by atoms with Gasteiger partial charge in [0.25, 0.3) is 0 Å². The number of rotatable bonds is 2. The second-order valence-electron chi connectivity index (χ2n) is 4.96. The van der Waals surface area contributed by atoms with E-state index < -0.39 is 0 Å². The van der Waals surface area contributed by atoms with Crippen molar-refractivity contribution in [3.8, 4) is 0 Å². The van der Waals surface area contributed by atoms with Gasteiger partial charge >= 0.3 is 0 Å². The number of imidazole rings is 1. The van der Waals surface area contributed by atoms with Crippen LogP contribution in [0.25, 0.3) is 11.0 Å². The van der Waals surface area contributed by atoms with Crippen LogP contribution in [-0.2, 0) is 5.88 Å². The number of aromatic nitrogens is 2. The Balaban J connectivity index is 2.12. The summed E-state index contributed by atoms with van der Waals surface area (Å²) in [6.07, 6.45) is 6.56. The molecule has 1 aliphatic rings. The lowest BCUT2D eigenvalue weighted by molar-refractivity contribution is 0.354. The molecule has 96 valence electrons. The summed E-state index contributed by atoms with van der Waals surface area (Å²) >= 11 is 8.41. The zero-order valence-corrected chi connectivity index (χ0v) is 13.1. The van der Waals surface area contributed by atoms with E-state index in [1.54, 1.807) is 0 Å². The Morgan fingerprint density at radius 2 is 2.06 bits per heavy atom. The molecule has 18 heavy (non-hydrogen) atoms. The Morgan fingerprint density at radius 3 is 2.78 bits per heavy atom. The Bertz CT molecular complexity index is 558. The van der Waals surface area contributed by atoms with Crippen molar-refractivity contribution in [3.05, 3.63) is 27.6 Å². The smallest absolute Gasteiger partial charge is 0.125 e. The highest BCUT2D eigenvalue weighted by Gasteiger charge is 2.20. The second-order valence-corrected chi connectivity index (χ2v) is 6.47. The van der Waals surface area contributed by atoms with Crippen LogP contribution in [0, 0.1) is 3.57 Å². The van der Waals surface area contributed by atoms with Crippen LogP contribution < -0.4 is 0 Å². The molecule has 1 saturated carbocycles. The number of alkyl halides is 1. The first-order chi connectivity index (χ1) is 8.79. The molecule has 0 aliphatic heterocycles. The zero-order valence-electron chi connectivity index (χ0n) is 10.2. The third kappa shape index (κ3) is 2.27. The predicted octanol–water partition coefficient (Wildman–Crippen LogP) is 4.88. The zero-order chi connectivity index (χ0) is 12.5. The Morgan fingerprint density at radius 1 is 1.28 bits per heavy atom. The van der Waals surface area contributed by atoms with Crippen molar-refractivity contribution in [1.29, 1.82) is 0 Å². The van der Waals surface area contributed by atoms with Crippen molar-refractivity contribution >= 4 is 45.2 Å². The van der Waals surface area contributed by atoms with Crippen LogP contribution in [0.4, 0.5) is 0 Å². The Labute approximate surface area is 126 Å². The lowest BCUT2D eigenvalue weighted by Crippen LogP contribution is -2.14. The molecule has 1 fully saturated rings. The van der Waals surface area contributed by atoms with E-state index in [1.807, 2.05) is 0 Å². The van der Waals surface area contributed by atoms with E-state index in [9.17, 15) is 0 Å². The van der Waals surface area contributed by atoms with Crippen molar-refractivity contribution in [1.82, 2.24) is 9.55 Å². The Kier molecular flexibility index (Phi) is 3.80. The molecule has 0 amide bonds. The Hall–Kier alpha value is -0.290. The summed E-state index contributed by atoms with van der Waals surface area (Å²) in [6.45, 7) is 0. The normalized spacial score (nSPS) is 17.4. The molecule has 1 aliphatic carbocycles. The summed E-state index contributed by atoms with van der Waals surface area (Å²) in [4.78, 5) is 4.69. The molecule has 0 saturated heterocycles. The minimum atomic E-state index is 0.502. The van der Waals surface area contributed by atoms with Gasteiger partial charge in [-0.2, -0.15) is 0 Å². The van der Waals surface area contributed by atoms with Crippen LogP contribution >= 0.6 is 34.2 Å². The number of fused-ring (bicyclic) bond motifs is 1. The van der Waals surface area contributed by atoms with E-state index in [4.69, 9.17) is 16.6 Å². The van der Waals surface area contributed by atoms with Crippen molar-refractivity contribution in [2.75, 3.05) is 0 Å². The molecule has 1 aromatic heterocycles. The van der Waals surface area contributed by atoms with Gasteiger partial charge in [-0.1, -0.05) is 19.3 Å². The van der Waals surface area contributed by atoms with Gasteiger partial charge in [-0.15, -0.1) is 11.6 Å². The van der Waals surface area contributed by atoms with Gasteiger partial charge in [0.05, 0.1) is 16.9 Å². The first-order valence-electron chi connectivity index (χ1n) is 6.52. The lowest BCUT2D eigenvalue weighted by atomic mass is 9.95. The number of hydrogen-bond acceptors (Lipinski definition) is 1. The molecular weight excluding hydrogens is 359 g/mol. The van der Waals surface area contributed by atoms with E-state index in [1.165, 1.54) is 41.2 Å². The maximum atomic E-state index is 6.08. The predicted molar refractivity (Wildman–Crippen MR) is 84.1 cm³/mol. The summed E-state index contributed by atoms with van der Waals surface area (Å²) < 4.78 is 3.62. The van der Waals surface area contributed by atoms with E-state index >= 15 is 0 Å². The van der Waals surface area contributed by atoms with Gasteiger partial charge in [0.15, 0.2) is 0 Å². The fourth-order valence-electron chi connectivity index (χ4n) is 2.96. The molecule has 3 rings (SSSR count). The topological polar surface area (TPSA) is 17.8 Å². The van der Waals surface area contributed by atoms with Gasteiger partial charge in [0.1, 0.15) is 5.82 Å². The van der Waals surface area contributed by atoms with Crippen LogP contribution in [-0.4, -0.2) is 9.55 Å². The standard InChI is InChI=1S/C14H16ClIN2/c15-9-14-17-12-8-10(16)6-7-13(12)18(14)11-4-2-1-3-5-11/h6-8,11H,1-5,9H2. The highest BCUT2D eigenvalue weighted by atomic mass is 127.